The molecule has 124 valence electrons. The van der Waals surface area contributed by atoms with Crippen LogP contribution in [0, 0.1) is 0 Å². The molecule has 0 saturated carbocycles. The predicted octanol–water partition coefficient (Wildman–Crippen LogP) is 3.52. The van der Waals surface area contributed by atoms with E-state index in [1.54, 1.807) is 6.08 Å². The van der Waals surface area contributed by atoms with Gasteiger partial charge in [0.05, 0.1) is 13.7 Å². The highest BCUT2D eigenvalue weighted by molar-refractivity contribution is 6.76. The number of nitrogens with zero attached hydrogens (tertiary/aromatic N) is 1. The van der Waals surface area contributed by atoms with Crippen molar-refractivity contribution in [2.75, 3.05) is 20.3 Å². The van der Waals surface area contributed by atoms with E-state index in [4.69, 9.17) is 9.47 Å². The van der Waals surface area contributed by atoms with Gasteiger partial charge in [-0.05, 0) is 33.7 Å². The van der Waals surface area contributed by atoms with Gasteiger partial charge in [0, 0.05) is 38.5 Å². The smallest absolute Gasteiger partial charge is 0.332 e. The summed E-state index contributed by atoms with van der Waals surface area (Å²) in [5.74, 6) is -0.329. The van der Waals surface area contributed by atoms with Crippen LogP contribution in [0.25, 0.3) is 0 Å². The molecule has 0 atom stereocenters. The molecule has 0 aliphatic heterocycles. The summed E-state index contributed by atoms with van der Waals surface area (Å²) >= 11 is 0. The van der Waals surface area contributed by atoms with Gasteiger partial charge in [-0.2, -0.15) is 0 Å². The zero-order chi connectivity index (χ0) is 16.6. The highest BCUT2D eigenvalue weighted by Crippen LogP contribution is 2.16. The van der Waals surface area contributed by atoms with E-state index in [2.05, 4.69) is 52.2 Å². The van der Waals surface area contributed by atoms with Crippen molar-refractivity contribution < 1.29 is 14.3 Å². The SMILES string of the molecule is COC(=O)/C=C(\COCC[Si](C)(C)C)N(C(C)C)C(C)C. The van der Waals surface area contributed by atoms with E-state index in [0.717, 1.165) is 18.3 Å². The van der Waals surface area contributed by atoms with E-state index in [1.165, 1.54) is 7.11 Å². The molecule has 0 N–H and O–H groups in total. The van der Waals surface area contributed by atoms with Crippen molar-refractivity contribution in [1.82, 2.24) is 4.90 Å². The Bertz CT molecular complexity index is 338. The number of hydrogen-bond donors (Lipinski definition) is 0. The molecule has 0 rings (SSSR count). The van der Waals surface area contributed by atoms with Crippen molar-refractivity contribution in [2.45, 2.75) is 65.5 Å². The molecule has 0 heterocycles. The number of carbonyl (C=O) groups excluding carboxylic acids is 1. The Labute approximate surface area is 131 Å². The Morgan fingerprint density at radius 3 is 2.05 bits per heavy atom. The molecule has 21 heavy (non-hydrogen) atoms. The van der Waals surface area contributed by atoms with Gasteiger partial charge >= 0.3 is 5.97 Å². The molecule has 0 radical (unpaired) electrons. The van der Waals surface area contributed by atoms with Gasteiger partial charge in [-0.1, -0.05) is 19.6 Å². The standard InChI is InChI=1S/C16H33NO3Si/c1-13(2)17(14(3)4)15(11-16(18)19-5)12-20-9-10-21(6,7)8/h11,13-14H,9-10,12H2,1-8H3/b15-11+. The van der Waals surface area contributed by atoms with E-state index in [9.17, 15) is 4.79 Å². The lowest BCUT2D eigenvalue weighted by atomic mass is 10.2. The molecule has 0 bridgehead atoms. The molecule has 0 spiro atoms. The second-order valence-corrected chi connectivity index (χ2v) is 12.7. The minimum absolute atomic E-state index is 0.307. The molecule has 0 aromatic heterocycles. The van der Waals surface area contributed by atoms with Gasteiger partial charge in [-0.25, -0.2) is 4.79 Å². The lowest BCUT2D eigenvalue weighted by molar-refractivity contribution is -0.135. The molecule has 0 fully saturated rings. The second-order valence-electron chi connectivity index (χ2n) is 7.12. The molecule has 0 aliphatic carbocycles. The van der Waals surface area contributed by atoms with Gasteiger partial charge in [0.2, 0.25) is 0 Å². The van der Waals surface area contributed by atoms with Gasteiger partial charge in [0.25, 0.3) is 0 Å². The maximum atomic E-state index is 11.6. The Morgan fingerprint density at radius 1 is 1.14 bits per heavy atom. The first-order chi connectivity index (χ1) is 9.58. The first-order valence-corrected chi connectivity index (χ1v) is 11.4. The maximum absolute atomic E-state index is 11.6. The molecular weight excluding hydrogens is 282 g/mol. The van der Waals surface area contributed by atoms with Gasteiger partial charge in [0.1, 0.15) is 0 Å². The molecule has 0 unspecified atom stereocenters. The van der Waals surface area contributed by atoms with Crippen LogP contribution in [0.4, 0.5) is 0 Å². The first-order valence-electron chi connectivity index (χ1n) is 7.73. The summed E-state index contributed by atoms with van der Waals surface area (Å²) in [6, 6.07) is 1.74. The van der Waals surface area contributed by atoms with Crippen molar-refractivity contribution in [1.29, 1.82) is 0 Å². The summed E-state index contributed by atoms with van der Waals surface area (Å²) in [4.78, 5) is 13.8. The molecule has 0 saturated heterocycles. The van der Waals surface area contributed by atoms with Crippen LogP contribution < -0.4 is 0 Å². The molecule has 0 amide bonds. The minimum atomic E-state index is -1.09. The van der Waals surface area contributed by atoms with Crippen molar-refractivity contribution in [3.05, 3.63) is 11.8 Å². The summed E-state index contributed by atoms with van der Waals surface area (Å²) in [6.07, 6.45) is 1.55. The van der Waals surface area contributed by atoms with Crippen molar-refractivity contribution in [3.8, 4) is 0 Å². The van der Waals surface area contributed by atoms with Crippen LogP contribution in [0.1, 0.15) is 27.7 Å². The normalized spacial score (nSPS) is 13.0. The quantitative estimate of drug-likeness (QED) is 0.282. The van der Waals surface area contributed by atoms with Gasteiger partial charge in [-0.15, -0.1) is 0 Å². The number of hydrogen-bond acceptors (Lipinski definition) is 4. The fraction of sp³-hybridized carbons (Fsp3) is 0.812. The summed E-state index contributed by atoms with van der Waals surface area (Å²) in [7, 11) is 0.312. The van der Waals surface area contributed by atoms with Crippen LogP contribution in [0.5, 0.6) is 0 Å². The minimum Gasteiger partial charge on any atom is -0.466 e. The van der Waals surface area contributed by atoms with Gasteiger partial charge in [0.15, 0.2) is 0 Å². The summed E-state index contributed by atoms with van der Waals surface area (Å²) in [6.45, 7) is 16.7. The molecule has 0 aromatic rings. The monoisotopic (exact) mass is 315 g/mol. The summed E-state index contributed by atoms with van der Waals surface area (Å²) in [5, 5.41) is 0. The topological polar surface area (TPSA) is 38.8 Å². The lowest BCUT2D eigenvalue weighted by Crippen LogP contribution is -2.38. The molecule has 5 heteroatoms. The van der Waals surface area contributed by atoms with Crippen LogP contribution in [0.2, 0.25) is 25.7 Å². The van der Waals surface area contributed by atoms with Gasteiger partial charge in [-0.3, -0.25) is 0 Å². The number of esters is 1. The molecular formula is C16H33NO3Si. The van der Waals surface area contributed by atoms with E-state index >= 15 is 0 Å². The van der Waals surface area contributed by atoms with Crippen LogP contribution in [0.15, 0.2) is 11.8 Å². The molecule has 4 nitrogen and oxygen atoms in total. The van der Waals surface area contributed by atoms with Crippen molar-refractivity contribution in [3.63, 3.8) is 0 Å². The van der Waals surface area contributed by atoms with E-state index in [-0.39, 0.29) is 5.97 Å². The van der Waals surface area contributed by atoms with Crippen LogP contribution >= 0.6 is 0 Å². The first kappa shape index (κ1) is 20.2. The molecule has 0 aromatic carbocycles. The fourth-order valence-corrected chi connectivity index (χ4v) is 2.96. The Kier molecular flexibility index (Phi) is 8.90. The Hall–Kier alpha value is -0.813. The number of methoxy groups -OCH3 is 1. The van der Waals surface area contributed by atoms with E-state index in [1.807, 2.05) is 0 Å². The number of ether oxygens (including phenoxy) is 2. The predicted molar refractivity (Wildman–Crippen MR) is 91.2 cm³/mol. The zero-order valence-electron chi connectivity index (χ0n) is 15.0. The van der Waals surface area contributed by atoms with Crippen molar-refractivity contribution >= 4 is 14.0 Å². The zero-order valence-corrected chi connectivity index (χ0v) is 16.0. The average Bonchev–Trinajstić information content (AvgIpc) is 2.31. The average molecular weight is 316 g/mol. The third kappa shape index (κ3) is 8.93. The largest absolute Gasteiger partial charge is 0.466 e. The second kappa shape index (κ2) is 9.25. The molecule has 0 aliphatic rings. The van der Waals surface area contributed by atoms with Crippen molar-refractivity contribution in [2.24, 2.45) is 0 Å². The van der Waals surface area contributed by atoms with E-state index in [0.29, 0.717) is 18.7 Å². The maximum Gasteiger partial charge on any atom is 0.332 e. The number of carbonyl (C=O) groups is 1. The van der Waals surface area contributed by atoms with E-state index < -0.39 is 8.07 Å². The highest BCUT2D eigenvalue weighted by atomic mass is 28.3. The third-order valence-electron chi connectivity index (χ3n) is 3.18. The summed E-state index contributed by atoms with van der Waals surface area (Å²) in [5.41, 5.74) is 0.891. The van der Waals surface area contributed by atoms with Crippen LogP contribution in [-0.4, -0.2) is 51.4 Å². The van der Waals surface area contributed by atoms with Crippen LogP contribution in [0.3, 0.4) is 0 Å². The Morgan fingerprint density at radius 2 is 1.67 bits per heavy atom. The fourth-order valence-electron chi connectivity index (χ4n) is 2.20. The Balaban J connectivity index is 4.83. The summed E-state index contributed by atoms with van der Waals surface area (Å²) < 4.78 is 10.6. The van der Waals surface area contributed by atoms with Gasteiger partial charge < -0.3 is 14.4 Å². The van der Waals surface area contributed by atoms with Crippen LogP contribution in [-0.2, 0) is 14.3 Å². The third-order valence-corrected chi connectivity index (χ3v) is 4.88. The lowest BCUT2D eigenvalue weighted by Gasteiger charge is -2.35. The highest BCUT2D eigenvalue weighted by Gasteiger charge is 2.19. The number of rotatable bonds is 9.